The Balaban J connectivity index is 1.82. The van der Waals surface area contributed by atoms with Crippen LogP contribution in [0.4, 0.5) is 5.69 Å². The summed E-state index contributed by atoms with van der Waals surface area (Å²) in [5, 5.41) is 9.13. The highest BCUT2D eigenvalue weighted by atomic mass is 16.4. The molecule has 1 aromatic carbocycles. The molecule has 2 aliphatic heterocycles. The van der Waals surface area contributed by atoms with Gasteiger partial charge < -0.3 is 10.0 Å². The molecule has 0 saturated carbocycles. The number of hydrogen-bond acceptors (Lipinski definition) is 3. The Morgan fingerprint density at radius 1 is 1.30 bits per heavy atom. The molecule has 108 valence electrons. The summed E-state index contributed by atoms with van der Waals surface area (Å²) in [5.41, 5.74) is 1.42. The first-order chi connectivity index (χ1) is 9.65. The summed E-state index contributed by atoms with van der Waals surface area (Å²) in [7, 11) is 0. The van der Waals surface area contributed by atoms with Crippen LogP contribution in [-0.4, -0.2) is 47.7 Å². The number of nitrogens with zero attached hydrogens (tertiary/aromatic N) is 2. The summed E-state index contributed by atoms with van der Waals surface area (Å²) in [4.78, 5) is 16.1. The Morgan fingerprint density at radius 3 is 2.95 bits per heavy atom. The van der Waals surface area contributed by atoms with Gasteiger partial charge in [0.1, 0.15) is 0 Å². The van der Waals surface area contributed by atoms with Gasteiger partial charge in [-0.2, -0.15) is 0 Å². The summed E-state index contributed by atoms with van der Waals surface area (Å²) >= 11 is 0. The van der Waals surface area contributed by atoms with Crippen molar-refractivity contribution < 1.29 is 9.90 Å². The third-order valence-electron chi connectivity index (χ3n) is 4.61. The Bertz CT molecular complexity index is 503. The van der Waals surface area contributed by atoms with Crippen molar-refractivity contribution in [1.82, 2.24) is 4.90 Å². The minimum atomic E-state index is -0.851. The first-order valence-corrected chi connectivity index (χ1v) is 7.49. The van der Waals surface area contributed by atoms with E-state index in [-0.39, 0.29) is 0 Å². The fourth-order valence-electron chi connectivity index (χ4n) is 3.53. The SMILES string of the molecule is CC1CN2CCCCC2CN1c1cccc(C(=O)O)c1. The molecule has 2 aliphatic rings. The van der Waals surface area contributed by atoms with Gasteiger partial charge in [0.15, 0.2) is 0 Å². The smallest absolute Gasteiger partial charge is 0.335 e. The van der Waals surface area contributed by atoms with E-state index in [1.54, 1.807) is 12.1 Å². The monoisotopic (exact) mass is 274 g/mol. The molecule has 1 N–H and O–H groups in total. The van der Waals surface area contributed by atoms with Crippen LogP contribution in [0.2, 0.25) is 0 Å². The van der Waals surface area contributed by atoms with E-state index < -0.39 is 5.97 Å². The van der Waals surface area contributed by atoms with Crippen molar-refractivity contribution in [3.05, 3.63) is 29.8 Å². The van der Waals surface area contributed by atoms with Crippen LogP contribution >= 0.6 is 0 Å². The average Bonchev–Trinajstić information content (AvgIpc) is 2.46. The molecule has 2 fully saturated rings. The van der Waals surface area contributed by atoms with E-state index in [9.17, 15) is 4.79 Å². The van der Waals surface area contributed by atoms with Crippen molar-refractivity contribution in [3.8, 4) is 0 Å². The zero-order valence-corrected chi connectivity index (χ0v) is 12.0. The first-order valence-electron chi connectivity index (χ1n) is 7.49. The maximum Gasteiger partial charge on any atom is 0.335 e. The molecule has 2 unspecified atom stereocenters. The van der Waals surface area contributed by atoms with E-state index in [4.69, 9.17) is 5.11 Å². The number of piperazine rings is 1. The number of benzene rings is 1. The van der Waals surface area contributed by atoms with Crippen LogP contribution in [0.3, 0.4) is 0 Å². The maximum atomic E-state index is 11.1. The summed E-state index contributed by atoms with van der Waals surface area (Å²) in [6.07, 6.45) is 3.90. The average molecular weight is 274 g/mol. The number of carbonyl (C=O) groups is 1. The number of hydrogen-bond donors (Lipinski definition) is 1. The Hall–Kier alpha value is -1.55. The Labute approximate surface area is 120 Å². The van der Waals surface area contributed by atoms with Crippen LogP contribution in [0.25, 0.3) is 0 Å². The molecule has 1 aromatic rings. The lowest BCUT2D eigenvalue weighted by atomic mass is 9.96. The van der Waals surface area contributed by atoms with E-state index in [1.165, 1.54) is 25.8 Å². The van der Waals surface area contributed by atoms with Crippen molar-refractivity contribution in [3.63, 3.8) is 0 Å². The van der Waals surface area contributed by atoms with Crippen LogP contribution in [-0.2, 0) is 0 Å². The van der Waals surface area contributed by atoms with Crippen LogP contribution in [0.1, 0.15) is 36.5 Å². The van der Waals surface area contributed by atoms with Crippen LogP contribution in [0.15, 0.2) is 24.3 Å². The summed E-state index contributed by atoms with van der Waals surface area (Å²) in [6, 6.07) is 8.41. The first kappa shape index (κ1) is 13.4. The zero-order chi connectivity index (χ0) is 14.1. The lowest BCUT2D eigenvalue weighted by Crippen LogP contribution is -2.58. The minimum absolute atomic E-state index is 0.376. The van der Waals surface area contributed by atoms with Crippen molar-refractivity contribution in [2.45, 2.75) is 38.3 Å². The largest absolute Gasteiger partial charge is 0.478 e. The number of carboxylic acids is 1. The highest BCUT2D eigenvalue weighted by Gasteiger charge is 2.33. The fourth-order valence-corrected chi connectivity index (χ4v) is 3.53. The van der Waals surface area contributed by atoms with Crippen LogP contribution in [0.5, 0.6) is 0 Å². The maximum absolute atomic E-state index is 11.1. The number of anilines is 1. The molecule has 2 heterocycles. The number of aromatic carboxylic acids is 1. The van der Waals surface area contributed by atoms with Crippen molar-refractivity contribution in [2.24, 2.45) is 0 Å². The van der Waals surface area contributed by atoms with E-state index in [1.807, 2.05) is 12.1 Å². The molecule has 0 spiro atoms. The molecule has 0 radical (unpaired) electrons. The normalized spacial score (nSPS) is 27.1. The van der Waals surface area contributed by atoms with E-state index in [0.717, 1.165) is 18.8 Å². The molecule has 0 aliphatic carbocycles. The van der Waals surface area contributed by atoms with Gasteiger partial charge in [-0.3, -0.25) is 4.90 Å². The Morgan fingerprint density at radius 2 is 2.15 bits per heavy atom. The zero-order valence-electron chi connectivity index (χ0n) is 12.0. The summed E-state index contributed by atoms with van der Waals surface area (Å²) < 4.78 is 0. The quantitative estimate of drug-likeness (QED) is 0.899. The second kappa shape index (κ2) is 5.44. The van der Waals surface area contributed by atoms with Gasteiger partial charge in [-0.15, -0.1) is 0 Å². The topological polar surface area (TPSA) is 43.8 Å². The number of piperidine rings is 1. The van der Waals surface area contributed by atoms with Crippen molar-refractivity contribution >= 4 is 11.7 Å². The fraction of sp³-hybridized carbons (Fsp3) is 0.562. The highest BCUT2D eigenvalue weighted by molar-refractivity contribution is 5.88. The van der Waals surface area contributed by atoms with Gasteiger partial charge in [0.2, 0.25) is 0 Å². The van der Waals surface area contributed by atoms with Crippen molar-refractivity contribution in [1.29, 1.82) is 0 Å². The molecule has 0 amide bonds. The molecule has 20 heavy (non-hydrogen) atoms. The number of fused-ring (bicyclic) bond motifs is 1. The Kier molecular flexibility index (Phi) is 3.66. The van der Waals surface area contributed by atoms with Gasteiger partial charge in [-0.1, -0.05) is 12.5 Å². The predicted octanol–water partition coefficient (Wildman–Crippen LogP) is 2.45. The van der Waals surface area contributed by atoms with Gasteiger partial charge in [0.05, 0.1) is 5.56 Å². The molecule has 2 saturated heterocycles. The number of rotatable bonds is 2. The van der Waals surface area contributed by atoms with Gasteiger partial charge >= 0.3 is 5.97 Å². The minimum Gasteiger partial charge on any atom is -0.478 e. The predicted molar refractivity (Wildman–Crippen MR) is 79.4 cm³/mol. The lowest BCUT2D eigenvalue weighted by Gasteiger charge is -2.48. The highest BCUT2D eigenvalue weighted by Crippen LogP contribution is 2.28. The molecule has 4 heteroatoms. The van der Waals surface area contributed by atoms with Crippen LogP contribution in [0, 0.1) is 0 Å². The summed E-state index contributed by atoms with van der Waals surface area (Å²) in [5.74, 6) is -0.851. The van der Waals surface area contributed by atoms with Crippen LogP contribution < -0.4 is 4.90 Å². The lowest BCUT2D eigenvalue weighted by molar-refractivity contribution is 0.0697. The molecular weight excluding hydrogens is 252 g/mol. The molecule has 0 bridgehead atoms. The van der Waals surface area contributed by atoms with Gasteiger partial charge in [-0.25, -0.2) is 4.79 Å². The van der Waals surface area contributed by atoms with E-state index in [2.05, 4.69) is 16.7 Å². The number of carboxylic acid groups (broad SMARTS) is 1. The molecule has 2 atom stereocenters. The van der Waals surface area contributed by atoms with E-state index >= 15 is 0 Å². The second-order valence-electron chi connectivity index (χ2n) is 6.00. The van der Waals surface area contributed by atoms with Gasteiger partial charge in [0.25, 0.3) is 0 Å². The van der Waals surface area contributed by atoms with Gasteiger partial charge in [-0.05, 0) is 44.5 Å². The molecule has 3 rings (SSSR count). The molecular formula is C16H22N2O2. The van der Waals surface area contributed by atoms with Gasteiger partial charge in [0, 0.05) is 30.9 Å². The standard InChI is InChI=1S/C16H22N2O2/c1-12-10-17-8-3-2-6-15(17)11-18(12)14-7-4-5-13(9-14)16(19)20/h4-5,7,9,12,15H,2-3,6,8,10-11H2,1H3,(H,19,20). The molecule has 0 aromatic heterocycles. The second-order valence-corrected chi connectivity index (χ2v) is 6.00. The van der Waals surface area contributed by atoms with E-state index in [0.29, 0.717) is 17.6 Å². The molecule has 4 nitrogen and oxygen atoms in total. The third-order valence-corrected chi connectivity index (χ3v) is 4.61. The summed E-state index contributed by atoms with van der Waals surface area (Å²) in [6.45, 7) is 5.56. The third kappa shape index (κ3) is 2.52. The van der Waals surface area contributed by atoms with Crippen molar-refractivity contribution in [2.75, 3.05) is 24.5 Å².